The van der Waals surface area contributed by atoms with Gasteiger partial charge in [0.1, 0.15) is 11.6 Å². The highest BCUT2D eigenvalue weighted by molar-refractivity contribution is 6.31. The molecule has 0 aliphatic heterocycles. The highest BCUT2D eigenvalue weighted by Gasteiger charge is 2.12. The Balaban J connectivity index is 2.11. The number of hydrogen-bond acceptors (Lipinski definition) is 1. The summed E-state index contributed by atoms with van der Waals surface area (Å²) in [6.07, 6.45) is 1.36. The Kier molecular flexibility index (Phi) is 5.71. The van der Waals surface area contributed by atoms with Crippen LogP contribution >= 0.6 is 11.6 Å². The fourth-order valence-corrected chi connectivity index (χ4v) is 2.65. The molecule has 0 aliphatic carbocycles. The van der Waals surface area contributed by atoms with Crippen LogP contribution in [-0.2, 0) is 12.8 Å². The van der Waals surface area contributed by atoms with Crippen molar-refractivity contribution in [3.63, 3.8) is 0 Å². The predicted octanol–water partition coefficient (Wildman–Crippen LogP) is 4.38. The lowest BCUT2D eigenvalue weighted by Gasteiger charge is -2.19. The quantitative estimate of drug-likeness (QED) is 0.835. The molecule has 1 nitrogen and oxygen atoms in total. The molecule has 0 spiro atoms. The van der Waals surface area contributed by atoms with E-state index in [1.54, 1.807) is 12.1 Å². The van der Waals surface area contributed by atoms with Crippen LogP contribution in [0.1, 0.15) is 18.1 Å². The van der Waals surface area contributed by atoms with Gasteiger partial charge in [0.25, 0.3) is 0 Å². The third-order valence-electron chi connectivity index (χ3n) is 3.35. The number of hydrogen-bond donors (Lipinski definition) is 1. The first-order chi connectivity index (χ1) is 10.1. The van der Waals surface area contributed by atoms with Crippen molar-refractivity contribution >= 4 is 11.6 Å². The number of likely N-dealkylation sites (N-methyl/N-ethyl adjacent to an activating group) is 1. The smallest absolute Gasteiger partial charge is 0.124 e. The van der Waals surface area contributed by atoms with Gasteiger partial charge < -0.3 is 5.32 Å². The van der Waals surface area contributed by atoms with Crippen LogP contribution in [0.15, 0.2) is 42.5 Å². The van der Waals surface area contributed by atoms with E-state index in [0.717, 1.165) is 17.7 Å². The molecule has 0 aromatic heterocycles. The molecule has 21 heavy (non-hydrogen) atoms. The Bertz CT molecular complexity index is 601. The molecule has 112 valence electrons. The second kappa shape index (κ2) is 7.53. The van der Waals surface area contributed by atoms with E-state index >= 15 is 0 Å². The van der Waals surface area contributed by atoms with Crippen LogP contribution in [-0.4, -0.2) is 12.6 Å². The highest BCUT2D eigenvalue weighted by atomic mass is 35.5. The molecule has 0 amide bonds. The zero-order valence-corrected chi connectivity index (χ0v) is 12.6. The molecule has 1 N–H and O–H groups in total. The minimum atomic E-state index is -0.339. The van der Waals surface area contributed by atoms with Crippen molar-refractivity contribution in [2.45, 2.75) is 25.8 Å². The van der Waals surface area contributed by atoms with Gasteiger partial charge in [0.15, 0.2) is 0 Å². The lowest BCUT2D eigenvalue weighted by molar-refractivity contribution is 0.519. The first kappa shape index (κ1) is 15.9. The van der Waals surface area contributed by atoms with Crippen LogP contribution in [0.2, 0.25) is 5.02 Å². The summed E-state index contributed by atoms with van der Waals surface area (Å²) < 4.78 is 26.3. The Morgan fingerprint density at radius 3 is 2.48 bits per heavy atom. The van der Waals surface area contributed by atoms with Crippen molar-refractivity contribution in [1.82, 2.24) is 5.32 Å². The monoisotopic (exact) mass is 309 g/mol. The second-order valence-electron chi connectivity index (χ2n) is 5.03. The molecule has 2 aromatic carbocycles. The Labute approximate surface area is 128 Å². The van der Waals surface area contributed by atoms with E-state index in [-0.39, 0.29) is 17.7 Å². The maximum atomic E-state index is 13.3. The normalized spacial score (nSPS) is 12.4. The molecule has 2 aromatic rings. The third kappa shape index (κ3) is 4.80. The highest BCUT2D eigenvalue weighted by Crippen LogP contribution is 2.20. The van der Waals surface area contributed by atoms with Gasteiger partial charge in [-0.15, -0.1) is 0 Å². The van der Waals surface area contributed by atoms with Gasteiger partial charge in [0.05, 0.1) is 0 Å². The van der Waals surface area contributed by atoms with E-state index in [4.69, 9.17) is 11.6 Å². The van der Waals surface area contributed by atoms with E-state index in [0.29, 0.717) is 17.9 Å². The van der Waals surface area contributed by atoms with Crippen LogP contribution in [0.4, 0.5) is 8.78 Å². The van der Waals surface area contributed by atoms with Gasteiger partial charge in [-0.1, -0.05) is 36.7 Å². The van der Waals surface area contributed by atoms with Crippen molar-refractivity contribution < 1.29 is 8.78 Å². The van der Waals surface area contributed by atoms with Crippen molar-refractivity contribution in [2.24, 2.45) is 0 Å². The molecule has 0 heterocycles. The molecule has 0 saturated carbocycles. The minimum absolute atomic E-state index is 0.125. The average molecular weight is 310 g/mol. The first-order valence-electron chi connectivity index (χ1n) is 7.00. The summed E-state index contributed by atoms with van der Waals surface area (Å²) in [5.74, 6) is -0.573. The molecule has 2 rings (SSSR count). The van der Waals surface area contributed by atoms with Crippen molar-refractivity contribution in [1.29, 1.82) is 0 Å². The van der Waals surface area contributed by atoms with Gasteiger partial charge in [0, 0.05) is 11.1 Å². The van der Waals surface area contributed by atoms with Gasteiger partial charge in [0.2, 0.25) is 0 Å². The first-order valence-corrected chi connectivity index (χ1v) is 7.38. The molecule has 0 aliphatic rings. The zero-order chi connectivity index (χ0) is 15.2. The molecule has 4 heteroatoms. The fourth-order valence-electron chi connectivity index (χ4n) is 2.41. The summed E-state index contributed by atoms with van der Waals surface area (Å²) in [7, 11) is 0. The fraction of sp³-hybridized carbons (Fsp3) is 0.294. The summed E-state index contributed by atoms with van der Waals surface area (Å²) in [5.41, 5.74) is 1.82. The largest absolute Gasteiger partial charge is 0.314 e. The number of halogens is 3. The third-order valence-corrected chi connectivity index (χ3v) is 3.70. The number of rotatable bonds is 6. The van der Waals surface area contributed by atoms with Crippen molar-refractivity contribution in [2.75, 3.05) is 6.54 Å². The van der Waals surface area contributed by atoms with Gasteiger partial charge in [-0.05, 0) is 54.8 Å². The molecule has 0 saturated heterocycles. The topological polar surface area (TPSA) is 12.0 Å². The van der Waals surface area contributed by atoms with Gasteiger partial charge in [-0.2, -0.15) is 0 Å². The second-order valence-corrected chi connectivity index (χ2v) is 5.44. The van der Waals surface area contributed by atoms with E-state index < -0.39 is 0 Å². The zero-order valence-electron chi connectivity index (χ0n) is 11.9. The van der Waals surface area contributed by atoms with E-state index in [1.807, 2.05) is 13.0 Å². The van der Waals surface area contributed by atoms with Crippen LogP contribution < -0.4 is 5.32 Å². The Morgan fingerprint density at radius 2 is 1.81 bits per heavy atom. The van der Waals surface area contributed by atoms with Crippen LogP contribution in [0.3, 0.4) is 0 Å². The van der Waals surface area contributed by atoms with Crippen LogP contribution in [0.25, 0.3) is 0 Å². The molecule has 0 fully saturated rings. The molecule has 0 radical (unpaired) electrons. The molecular weight excluding hydrogens is 292 g/mol. The van der Waals surface area contributed by atoms with Crippen LogP contribution in [0.5, 0.6) is 0 Å². The standard InChI is InChI=1S/C17H18ClF2N/c1-2-21-16(9-12-4-3-5-14(19)8-12)10-13-6-7-15(20)11-17(13)18/h3-8,11,16,21H,2,9-10H2,1H3. The SMILES string of the molecule is CCNC(Cc1cccc(F)c1)Cc1ccc(F)cc1Cl. The summed E-state index contributed by atoms with van der Waals surface area (Å²) in [6.45, 7) is 2.82. The summed E-state index contributed by atoms with van der Waals surface area (Å²) in [5, 5.41) is 3.79. The summed E-state index contributed by atoms with van der Waals surface area (Å²) >= 11 is 6.07. The molecule has 1 atom stereocenters. The van der Waals surface area contributed by atoms with Crippen molar-refractivity contribution in [3.05, 3.63) is 70.2 Å². The van der Waals surface area contributed by atoms with Crippen molar-refractivity contribution in [3.8, 4) is 0 Å². The molecular formula is C17H18ClF2N. The summed E-state index contributed by atoms with van der Waals surface area (Å²) in [4.78, 5) is 0. The number of nitrogens with one attached hydrogen (secondary N) is 1. The lowest BCUT2D eigenvalue weighted by Crippen LogP contribution is -2.33. The predicted molar refractivity (Wildman–Crippen MR) is 82.7 cm³/mol. The van der Waals surface area contributed by atoms with E-state index in [2.05, 4.69) is 5.32 Å². The van der Waals surface area contributed by atoms with E-state index in [9.17, 15) is 8.78 Å². The molecule has 1 unspecified atom stereocenters. The maximum absolute atomic E-state index is 13.3. The molecule has 0 bridgehead atoms. The van der Waals surface area contributed by atoms with Gasteiger partial charge >= 0.3 is 0 Å². The average Bonchev–Trinajstić information content (AvgIpc) is 2.42. The Morgan fingerprint density at radius 1 is 1.05 bits per heavy atom. The maximum Gasteiger partial charge on any atom is 0.124 e. The minimum Gasteiger partial charge on any atom is -0.314 e. The van der Waals surface area contributed by atoms with Crippen LogP contribution in [0, 0.1) is 11.6 Å². The summed E-state index contributed by atoms with van der Waals surface area (Å²) in [6, 6.07) is 11.1. The Hall–Kier alpha value is -1.45. The van der Waals surface area contributed by atoms with Gasteiger partial charge in [-0.3, -0.25) is 0 Å². The lowest BCUT2D eigenvalue weighted by atomic mass is 9.98. The number of benzene rings is 2. The van der Waals surface area contributed by atoms with Gasteiger partial charge in [-0.25, -0.2) is 8.78 Å². The van der Waals surface area contributed by atoms with E-state index in [1.165, 1.54) is 24.3 Å².